The van der Waals surface area contributed by atoms with Crippen molar-refractivity contribution < 1.29 is 0 Å². The molecule has 0 fully saturated rings. The van der Waals surface area contributed by atoms with E-state index in [0.29, 0.717) is 6.42 Å². The van der Waals surface area contributed by atoms with Gasteiger partial charge in [0.1, 0.15) is 12.2 Å². The van der Waals surface area contributed by atoms with Crippen molar-refractivity contribution in [3.63, 3.8) is 0 Å². The molecule has 6 heteroatoms. The van der Waals surface area contributed by atoms with Crippen LogP contribution in [0.3, 0.4) is 0 Å². The summed E-state index contributed by atoms with van der Waals surface area (Å²) in [5, 5.41) is 8.43. The molecule has 6 nitrogen and oxygen atoms in total. The van der Waals surface area contributed by atoms with Gasteiger partial charge < -0.3 is 5.73 Å². The van der Waals surface area contributed by atoms with Crippen molar-refractivity contribution in [1.82, 2.24) is 24.5 Å². The van der Waals surface area contributed by atoms with Gasteiger partial charge in [-0.1, -0.05) is 6.92 Å². The molecule has 0 aliphatic rings. The molecule has 2 rings (SSSR count). The summed E-state index contributed by atoms with van der Waals surface area (Å²) in [6, 6.07) is 1.96. The Labute approximate surface area is 100 Å². The maximum absolute atomic E-state index is 6.18. The number of hydrogen-bond acceptors (Lipinski definition) is 4. The maximum atomic E-state index is 6.18. The van der Waals surface area contributed by atoms with Gasteiger partial charge in [0, 0.05) is 20.5 Å². The monoisotopic (exact) mass is 234 g/mol. The molecule has 17 heavy (non-hydrogen) atoms. The van der Waals surface area contributed by atoms with Gasteiger partial charge in [-0.05, 0) is 12.5 Å². The fraction of sp³-hybridized carbons (Fsp3) is 0.545. The second kappa shape index (κ2) is 4.67. The molecule has 0 saturated carbocycles. The molecule has 0 radical (unpaired) electrons. The van der Waals surface area contributed by atoms with Gasteiger partial charge in [-0.3, -0.25) is 9.36 Å². The predicted molar refractivity (Wildman–Crippen MR) is 64.2 cm³/mol. The van der Waals surface area contributed by atoms with Gasteiger partial charge in [0.25, 0.3) is 0 Å². The quantitative estimate of drug-likeness (QED) is 0.828. The largest absolute Gasteiger partial charge is 0.322 e. The van der Waals surface area contributed by atoms with Gasteiger partial charge >= 0.3 is 0 Å². The third kappa shape index (κ3) is 2.36. The lowest BCUT2D eigenvalue weighted by atomic mass is 10.1. The molecule has 0 bridgehead atoms. The van der Waals surface area contributed by atoms with E-state index in [9.17, 15) is 0 Å². The molecule has 2 heterocycles. The minimum atomic E-state index is -0.101. The van der Waals surface area contributed by atoms with Crippen molar-refractivity contribution in [2.75, 3.05) is 0 Å². The molecule has 0 aromatic carbocycles. The van der Waals surface area contributed by atoms with Gasteiger partial charge in [0.15, 0.2) is 0 Å². The lowest BCUT2D eigenvalue weighted by Crippen LogP contribution is -2.19. The average molecular weight is 234 g/mol. The first-order valence-electron chi connectivity index (χ1n) is 5.73. The molecular weight excluding hydrogens is 216 g/mol. The SMILES string of the molecule is CCc1cc(C(N)Cc2ncnn2C)n(C)n1. The molecule has 0 aliphatic heterocycles. The van der Waals surface area contributed by atoms with Crippen LogP contribution in [0.2, 0.25) is 0 Å². The summed E-state index contributed by atoms with van der Waals surface area (Å²) in [5.41, 5.74) is 8.28. The Morgan fingerprint density at radius 3 is 2.65 bits per heavy atom. The molecule has 92 valence electrons. The molecule has 2 aromatic heterocycles. The number of aryl methyl sites for hydroxylation is 3. The highest BCUT2D eigenvalue weighted by molar-refractivity contribution is 5.15. The van der Waals surface area contributed by atoms with Gasteiger partial charge in [-0.2, -0.15) is 10.2 Å². The van der Waals surface area contributed by atoms with Gasteiger partial charge in [-0.25, -0.2) is 4.98 Å². The van der Waals surface area contributed by atoms with Crippen LogP contribution in [0.4, 0.5) is 0 Å². The standard InChI is InChI=1S/C11H18N6/c1-4-8-5-10(16(2)15-8)9(12)6-11-13-7-14-17(11)3/h5,7,9H,4,6,12H2,1-3H3. The van der Waals surface area contributed by atoms with E-state index >= 15 is 0 Å². The Balaban J connectivity index is 2.17. The Morgan fingerprint density at radius 1 is 1.35 bits per heavy atom. The molecule has 2 N–H and O–H groups in total. The van der Waals surface area contributed by atoms with Crippen LogP contribution >= 0.6 is 0 Å². The van der Waals surface area contributed by atoms with Crippen LogP contribution in [0.5, 0.6) is 0 Å². The first kappa shape index (κ1) is 11.8. The van der Waals surface area contributed by atoms with E-state index in [1.165, 1.54) is 0 Å². The fourth-order valence-electron chi connectivity index (χ4n) is 1.87. The van der Waals surface area contributed by atoms with Gasteiger partial charge in [-0.15, -0.1) is 0 Å². The molecule has 2 aromatic rings. The Morgan fingerprint density at radius 2 is 2.12 bits per heavy atom. The molecule has 0 spiro atoms. The Bertz CT molecular complexity index is 498. The Kier molecular flexibility index (Phi) is 3.23. The van der Waals surface area contributed by atoms with E-state index in [2.05, 4.69) is 28.2 Å². The highest BCUT2D eigenvalue weighted by Gasteiger charge is 2.15. The fourth-order valence-corrected chi connectivity index (χ4v) is 1.87. The number of nitrogens with zero attached hydrogens (tertiary/aromatic N) is 5. The van der Waals surface area contributed by atoms with E-state index in [0.717, 1.165) is 23.6 Å². The second-order valence-electron chi connectivity index (χ2n) is 4.15. The smallest absolute Gasteiger partial charge is 0.138 e. The zero-order valence-corrected chi connectivity index (χ0v) is 10.5. The highest BCUT2D eigenvalue weighted by Crippen LogP contribution is 2.15. The van der Waals surface area contributed by atoms with Crippen LogP contribution in [0.1, 0.15) is 30.2 Å². The van der Waals surface area contributed by atoms with Crippen LogP contribution < -0.4 is 5.73 Å². The minimum Gasteiger partial charge on any atom is -0.322 e. The third-order valence-corrected chi connectivity index (χ3v) is 2.92. The van der Waals surface area contributed by atoms with E-state index < -0.39 is 0 Å². The van der Waals surface area contributed by atoms with Crippen LogP contribution in [-0.2, 0) is 26.9 Å². The lowest BCUT2D eigenvalue weighted by Gasteiger charge is -2.10. The van der Waals surface area contributed by atoms with Crippen LogP contribution in [-0.4, -0.2) is 24.5 Å². The molecule has 0 amide bonds. The van der Waals surface area contributed by atoms with Crippen molar-refractivity contribution in [3.8, 4) is 0 Å². The lowest BCUT2D eigenvalue weighted by molar-refractivity contribution is 0.580. The summed E-state index contributed by atoms with van der Waals surface area (Å²) in [5.74, 6) is 0.886. The maximum Gasteiger partial charge on any atom is 0.138 e. The van der Waals surface area contributed by atoms with Gasteiger partial charge in [0.05, 0.1) is 17.4 Å². The van der Waals surface area contributed by atoms with Crippen molar-refractivity contribution in [3.05, 3.63) is 29.6 Å². The van der Waals surface area contributed by atoms with Crippen LogP contribution in [0.15, 0.2) is 12.4 Å². The number of nitrogens with two attached hydrogens (primary N) is 1. The third-order valence-electron chi connectivity index (χ3n) is 2.92. The number of aromatic nitrogens is 5. The molecule has 1 atom stereocenters. The summed E-state index contributed by atoms with van der Waals surface area (Å²) in [6.45, 7) is 2.08. The summed E-state index contributed by atoms with van der Waals surface area (Å²) in [4.78, 5) is 4.18. The predicted octanol–water partition coefficient (Wildman–Crippen LogP) is 0.353. The van der Waals surface area contributed by atoms with E-state index in [1.54, 1.807) is 11.0 Å². The van der Waals surface area contributed by atoms with E-state index in [4.69, 9.17) is 5.73 Å². The number of rotatable bonds is 4. The zero-order chi connectivity index (χ0) is 12.4. The normalized spacial score (nSPS) is 12.9. The van der Waals surface area contributed by atoms with E-state index in [-0.39, 0.29) is 6.04 Å². The van der Waals surface area contributed by atoms with Crippen LogP contribution in [0.25, 0.3) is 0 Å². The summed E-state index contributed by atoms with van der Waals surface area (Å²) < 4.78 is 3.59. The minimum absolute atomic E-state index is 0.101. The van der Waals surface area contributed by atoms with Crippen molar-refractivity contribution in [2.45, 2.75) is 25.8 Å². The summed E-state index contributed by atoms with van der Waals surface area (Å²) in [6.07, 6.45) is 3.13. The van der Waals surface area contributed by atoms with Crippen molar-refractivity contribution in [1.29, 1.82) is 0 Å². The molecule has 0 saturated heterocycles. The average Bonchev–Trinajstić information content (AvgIpc) is 2.86. The number of hydrogen-bond donors (Lipinski definition) is 1. The van der Waals surface area contributed by atoms with Crippen LogP contribution in [0, 0.1) is 0 Å². The first-order valence-corrected chi connectivity index (χ1v) is 5.73. The Hall–Kier alpha value is -1.69. The molecular formula is C11H18N6. The first-order chi connectivity index (χ1) is 8.11. The highest BCUT2D eigenvalue weighted by atomic mass is 15.3. The second-order valence-corrected chi connectivity index (χ2v) is 4.15. The summed E-state index contributed by atoms with van der Waals surface area (Å²) in [7, 11) is 3.79. The van der Waals surface area contributed by atoms with Crippen molar-refractivity contribution in [2.24, 2.45) is 19.8 Å². The van der Waals surface area contributed by atoms with Crippen molar-refractivity contribution >= 4 is 0 Å². The molecule has 0 aliphatic carbocycles. The topological polar surface area (TPSA) is 74.5 Å². The molecule has 1 unspecified atom stereocenters. The van der Waals surface area contributed by atoms with E-state index in [1.807, 2.05) is 18.8 Å². The summed E-state index contributed by atoms with van der Waals surface area (Å²) >= 11 is 0. The van der Waals surface area contributed by atoms with Gasteiger partial charge in [0.2, 0.25) is 0 Å². The zero-order valence-electron chi connectivity index (χ0n) is 10.5.